The Hall–Kier alpha value is -4.72. The van der Waals surface area contributed by atoms with Gasteiger partial charge >= 0.3 is 0 Å². The van der Waals surface area contributed by atoms with E-state index in [0.29, 0.717) is 45.1 Å². The smallest absolute Gasteiger partial charge is 0.261 e. The van der Waals surface area contributed by atoms with Gasteiger partial charge in [-0.25, -0.2) is 9.37 Å². The Morgan fingerprint density at radius 1 is 0.868 bits per heavy atom. The Balaban J connectivity index is 1.46. The third kappa shape index (κ3) is 4.56. The molecule has 0 aliphatic carbocycles. The molecule has 0 aliphatic heterocycles. The van der Waals surface area contributed by atoms with Crippen molar-refractivity contribution in [2.24, 2.45) is 7.05 Å². The first kappa shape index (κ1) is 25.0. The van der Waals surface area contributed by atoms with E-state index in [1.165, 1.54) is 30.0 Å². The molecule has 1 atom stereocenters. The van der Waals surface area contributed by atoms with Crippen molar-refractivity contribution in [1.29, 1.82) is 0 Å². The van der Waals surface area contributed by atoms with Gasteiger partial charge in [-0.2, -0.15) is 0 Å². The number of benzene rings is 3. The molecule has 2 heterocycles. The molecule has 3 aromatic carbocycles. The lowest BCUT2D eigenvalue weighted by molar-refractivity contribution is 0.355. The third-order valence-corrected chi connectivity index (χ3v) is 6.56. The highest BCUT2D eigenvalue weighted by atomic mass is 19.1. The molecule has 5 rings (SSSR count). The van der Waals surface area contributed by atoms with Crippen molar-refractivity contribution >= 4 is 10.9 Å². The lowest BCUT2D eigenvalue weighted by Crippen LogP contribution is -2.25. The molecule has 0 radical (unpaired) electrons. The number of rotatable bonds is 7. The summed E-state index contributed by atoms with van der Waals surface area (Å²) in [5.74, 6) is 1.37. The van der Waals surface area contributed by atoms with Crippen LogP contribution in [-0.4, -0.2) is 28.8 Å². The average molecular weight is 512 g/mol. The van der Waals surface area contributed by atoms with Gasteiger partial charge in [-0.15, -0.1) is 0 Å². The Bertz CT molecular complexity index is 1690. The maximum absolute atomic E-state index is 15.2. The molecule has 0 saturated carbocycles. The summed E-state index contributed by atoms with van der Waals surface area (Å²) in [6.07, 6.45) is 3.08. The summed E-state index contributed by atoms with van der Waals surface area (Å²) in [5, 5.41) is 0.634. The highest BCUT2D eigenvalue weighted by molar-refractivity contribution is 5.88. The number of fused-ring (bicyclic) bond motifs is 1. The Morgan fingerprint density at radius 3 is 2.32 bits per heavy atom. The van der Waals surface area contributed by atoms with E-state index < -0.39 is 5.82 Å². The highest BCUT2D eigenvalue weighted by Gasteiger charge is 2.18. The zero-order valence-corrected chi connectivity index (χ0v) is 21.4. The van der Waals surface area contributed by atoms with Crippen molar-refractivity contribution in [3.63, 3.8) is 0 Å². The van der Waals surface area contributed by atoms with Gasteiger partial charge in [-0.1, -0.05) is 43.3 Å². The van der Waals surface area contributed by atoms with Gasteiger partial charge in [-0.05, 0) is 35.4 Å². The second kappa shape index (κ2) is 10.3. The zero-order chi connectivity index (χ0) is 26.8. The SMILES string of the molecule is COc1cc2nccc(Oc3ccc(-c4cnc(C(C)c5ccccc5)n(C)c4=O)cc3F)c2cc1OC. The van der Waals surface area contributed by atoms with Crippen molar-refractivity contribution in [3.05, 3.63) is 107 Å². The lowest BCUT2D eigenvalue weighted by atomic mass is 10.00. The molecular weight excluding hydrogens is 485 g/mol. The average Bonchev–Trinajstić information content (AvgIpc) is 2.95. The molecule has 2 aromatic heterocycles. The minimum Gasteiger partial charge on any atom is -0.493 e. The topological polar surface area (TPSA) is 75.5 Å². The number of ether oxygens (including phenoxy) is 3. The third-order valence-electron chi connectivity index (χ3n) is 6.56. The number of methoxy groups -OCH3 is 2. The minimum absolute atomic E-state index is 0.00939. The van der Waals surface area contributed by atoms with Gasteiger partial charge in [0.15, 0.2) is 23.1 Å². The van der Waals surface area contributed by atoms with Gasteiger partial charge in [-0.3, -0.25) is 14.3 Å². The monoisotopic (exact) mass is 511 g/mol. The van der Waals surface area contributed by atoms with Crippen LogP contribution in [0, 0.1) is 5.82 Å². The molecule has 0 spiro atoms. The van der Waals surface area contributed by atoms with Crippen LogP contribution in [0.15, 0.2) is 83.9 Å². The Labute approximate surface area is 219 Å². The van der Waals surface area contributed by atoms with E-state index >= 15 is 4.39 Å². The first-order chi connectivity index (χ1) is 18.4. The summed E-state index contributed by atoms with van der Waals surface area (Å²) in [7, 11) is 4.76. The molecule has 8 heteroatoms. The van der Waals surface area contributed by atoms with Crippen molar-refractivity contribution in [3.8, 4) is 34.1 Å². The van der Waals surface area contributed by atoms with E-state index in [0.717, 1.165) is 5.56 Å². The summed E-state index contributed by atoms with van der Waals surface area (Å²) in [4.78, 5) is 22.1. The predicted octanol–water partition coefficient (Wildman–Crippen LogP) is 6.10. The predicted molar refractivity (Wildman–Crippen MR) is 144 cm³/mol. The first-order valence-electron chi connectivity index (χ1n) is 12.0. The summed E-state index contributed by atoms with van der Waals surface area (Å²) in [5.41, 5.74) is 2.11. The van der Waals surface area contributed by atoms with Crippen LogP contribution < -0.4 is 19.8 Å². The number of pyridine rings is 1. The van der Waals surface area contributed by atoms with Gasteiger partial charge < -0.3 is 14.2 Å². The van der Waals surface area contributed by atoms with Crippen LogP contribution in [0.5, 0.6) is 23.0 Å². The van der Waals surface area contributed by atoms with Crippen LogP contribution in [0.25, 0.3) is 22.0 Å². The quantitative estimate of drug-likeness (QED) is 0.263. The van der Waals surface area contributed by atoms with Crippen molar-refractivity contribution in [2.75, 3.05) is 14.2 Å². The van der Waals surface area contributed by atoms with E-state index in [2.05, 4.69) is 9.97 Å². The van der Waals surface area contributed by atoms with E-state index in [1.54, 1.807) is 44.6 Å². The first-order valence-corrected chi connectivity index (χ1v) is 12.0. The number of hydrogen-bond acceptors (Lipinski definition) is 6. The zero-order valence-electron chi connectivity index (χ0n) is 21.4. The molecule has 0 bridgehead atoms. The van der Waals surface area contributed by atoms with Crippen LogP contribution in [0.4, 0.5) is 4.39 Å². The maximum Gasteiger partial charge on any atom is 0.261 e. The molecule has 0 amide bonds. The maximum atomic E-state index is 15.2. The van der Waals surface area contributed by atoms with Gasteiger partial charge in [0, 0.05) is 36.8 Å². The second-order valence-corrected chi connectivity index (χ2v) is 8.81. The largest absolute Gasteiger partial charge is 0.493 e. The van der Waals surface area contributed by atoms with Crippen LogP contribution in [0.3, 0.4) is 0 Å². The van der Waals surface area contributed by atoms with Crippen LogP contribution in [0.2, 0.25) is 0 Å². The highest BCUT2D eigenvalue weighted by Crippen LogP contribution is 2.37. The summed E-state index contributed by atoms with van der Waals surface area (Å²) in [6, 6.07) is 19.4. The fraction of sp³-hybridized carbons (Fsp3) is 0.167. The molecule has 0 saturated heterocycles. The van der Waals surface area contributed by atoms with Crippen molar-refractivity contribution in [2.45, 2.75) is 12.8 Å². The van der Waals surface area contributed by atoms with Crippen LogP contribution in [0.1, 0.15) is 24.2 Å². The van der Waals surface area contributed by atoms with E-state index in [-0.39, 0.29) is 17.2 Å². The molecule has 0 aliphatic rings. The Morgan fingerprint density at radius 2 is 1.61 bits per heavy atom. The van der Waals surface area contributed by atoms with Crippen LogP contribution in [-0.2, 0) is 7.05 Å². The van der Waals surface area contributed by atoms with Gasteiger partial charge in [0.25, 0.3) is 5.56 Å². The summed E-state index contributed by atoms with van der Waals surface area (Å²) >= 11 is 0. The number of aromatic nitrogens is 3. The van der Waals surface area contributed by atoms with Crippen LogP contribution >= 0.6 is 0 Å². The molecule has 7 nitrogen and oxygen atoms in total. The molecule has 5 aromatic rings. The Kier molecular flexibility index (Phi) is 6.79. The minimum atomic E-state index is -0.614. The van der Waals surface area contributed by atoms with E-state index in [1.807, 2.05) is 37.3 Å². The van der Waals surface area contributed by atoms with Gasteiger partial charge in [0.2, 0.25) is 0 Å². The molecule has 0 fully saturated rings. The fourth-order valence-electron chi connectivity index (χ4n) is 4.45. The molecule has 38 heavy (non-hydrogen) atoms. The van der Waals surface area contributed by atoms with Gasteiger partial charge in [0.1, 0.15) is 11.6 Å². The normalized spacial score (nSPS) is 11.8. The summed E-state index contributed by atoms with van der Waals surface area (Å²) in [6.45, 7) is 2.00. The van der Waals surface area contributed by atoms with Gasteiger partial charge in [0.05, 0.1) is 25.3 Å². The number of hydrogen-bond donors (Lipinski definition) is 0. The number of halogens is 1. The lowest BCUT2D eigenvalue weighted by Gasteiger charge is -2.16. The second-order valence-electron chi connectivity index (χ2n) is 8.81. The van der Waals surface area contributed by atoms with Crippen molar-refractivity contribution < 1.29 is 18.6 Å². The van der Waals surface area contributed by atoms with E-state index in [4.69, 9.17) is 14.2 Å². The standard InChI is InChI=1S/C30H26FN3O4/c1-18(19-8-6-5-7-9-19)29-33-17-22(30(35)34(29)2)20-10-11-26(23(31)14-20)38-25-12-13-32-24-16-28(37-4)27(36-3)15-21(24)25/h5-18H,1-4H3. The summed E-state index contributed by atoms with van der Waals surface area (Å²) < 4.78 is 33.4. The van der Waals surface area contributed by atoms with E-state index in [9.17, 15) is 4.79 Å². The fourth-order valence-corrected chi connectivity index (χ4v) is 4.45. The molecule has 1 unspecified atom stereocenters. The molecule has 192 valence electrons. The van der Waals surface area contributed by atoms with Crippen molar-refractivity contribution in [1.82, 2.24) is 14.5 Å². The molecular formula is C30H26FN3O4. The molecule has 0 N–H and O–H groups in total. The number of nitrogens with zero attached hydrogens (tertiary/aromatic N) is 3.